The first-order chi connectivity index (χ1) is 8.83. The third-order valence-corrected chi connectivity index (χ3v) is 2.97. The van der Waals surface area contributed by atoms with Gasteiger partial charge in [-0.25, -0.2) is 4.68 Å². The monoisotopic (exact) mass is 246 g/mol. The number of fused-ring (bicyclic) bond motifs is 1. The van der Waals surface area contributed by atoms with Crippen LogP contribution >= 0.6 is 0 Å². The lowest BCUT2D eigenvalue weighted by atomic mass is 10.2. The largest absolute Gasteiger partial charge is 0.454 e. The normalized spacial score (nSPS) is 13.0. The molecule has 94 valence electrons. The van der Waals surface area contributed by atoms with Gasteiger partial charge in [-0.1, -0.05) is 12.1 Å². The third-order valence-electron chi connectivity index (χ3n) is 2.97. The molecule has 1 aromatic heterocycles. The Morgan fingerprint density at radius 2 is 2.17 bits per heavy atom. The molecule has 2 N–H and O–H groups in total. The number of ether oxygens (including phenoxy) is 2. The summed E-state index contributed by atoms with van der Waals surface area (Å²) in [5.74, 6) is 1.50. The second-order valence-corrected chi connectivity index (χ2v) is 3.99. The lowest BCUT2D eigenvalue weighted by Crippen LogP contribution is -2.05. The average molecular weight is 246 g/mol. The topological polar surface area (TPSA) is 75.2 Å². The number of hydrogen-bond donors (Lipinski definition) is 1. The van der Waals surface area contributed by atoms with Crippen LogP contribution in [0.2, 0.25) is 0 Å². The van der Waals surface area contributed by atoms with E-state index in [1.165, 1.54) is 0 Å². The molecule has 1 aliphatic rings. The highest BCUT2D eigenvalue weighted by Crippen LogP contribution is 2.33. The zero-order valence-corrected chi connectivity index (χ0v) is 10.1. The summed E-state index contributed by atoms with van der Waals surface area (Å²) in [7, 11) is 0. The van der Waals surface area contributed by atoms with Crippen LogP contribution in [0.5, 0.6) is 11.5 Å². The summed E-state index contributed by atoms with van der Waals surface area (Å²) in [6, 6.07) is 5.71. The van der Waals surface area contributed by atoms with Gasteiger partial charge in [0.15, 0.2) is 11.5 Å². The lowest BCUT2D eigenvalue weighted by Gasteiger charge is -2.06. The maximum absolute atomic E-state index is 5.65. The molecule has 0 spiro atoms. The standard InChI is InChI=1S/C12H14N4O2/c1-2-10-9(6-13)14-15-16(10)8-3-4-11-12(5-8)18-7-17-11/h3-5H,2,6-7,13H2,1H3. The fraction of sp³-hybridized carbons (Fsp3) is 0.333. The number of aromatic nitrogens is 3. The van der Waals surface area contributed by atoms with Crippen LogP contribution in [-0.2, 0) is 13.0 Å². The molecule has 2 aromatic rings. The maximum Gasteiger partial charge on any atom is 0.231 e. The van der Waals surface area contributed by atoms with Crippen LogP contribution in [0.4, 0.5) is 0 Å². The summed E-state index contributed by atoms with van der Waals surface area (Å²) in [6.45, 7) is 2.72. The Kier molecular flexibility index (Phi) is 2.64. The summed E-state index contributed by atoms with van der Waals surface area (Å²) >= 11 is 0. The minimum Gasteiger partial charge on any atom is -0.454 e. The van der Waals surface area contributed by atoms with Crippen LogP contribution in [0, 0.1) is 0 Å². The Bertz CT molecular complexity index is 579. The third kappa shape index (κ3) is 1.62. The van der Waals surface area contributed by atoms with E-state index in [1.807, 2.05) is 18.2 Å². The van der Waals surface area contributed by atoms with Gasteiger partial charge in [-0.2, -0.15) is 0 Å². The summed E-state index contributed by atoms with van der Waals surface area (Å²) in [6.07, 6.45) is 0.827. The van der Waals surface area contributed by atoms with Crippen LogP contribution in [0.3, 0.4) is 0 Å². The van der Waals surface area contributed by atoms with Gasteiger partial charge in [0.2, 0.25) is 6.79 Å². The molecule has 0 atom stereocenters. The molecule has 1 aromatic carbocycles. The van der Waals surface area contributed by atoms with Gasteiger partial charge >= 0.3 is 0 Å². The Hall–Kier alpha value is -2.08. The molecule has 0 bridgehead atoms. The predicted octanol–water partition coefficient (Wildman–Crippen LogP) is 1.02. The molecule has 6 heteroatoms. The van der Waals surface area contributed by atoms with E-state index >= 15 is 0 Å². The second kappa shape index (κ2) is 4.30. The molecular weight excluding hydrogens is 232 g/mol. The molecule has 0 aliphatic carbocycles. The van der Waals surface area contributed by atoms with Gasteiger partial charge in [-0.05, 0) is 18.6 Å². The van der Waals surface area contributed by atoms with E-state index in [9.17, 15) is 0 Å². The molecule has 0 amide bonds. The Morgan fingerprint density at radius 1 is 1.33 bits per heavy atom. The van der Waals surface area contributed by atoms with Crippen molar-refractivity contribution in [3.05, 3.63) is 29.6 Å². The predicted molar refractivity (Wildman–Crippen MR) is 64.8 cm³/mol. The highest BCUT2D eigenvalue weighted by molar-refractivity contribution is 5.50. The van der Waals surface area contributed by atoms with Crippen molar-refractivity contribution in [1.82, 2.24) is 15.0 Å². The average Bonchev–Trinajstić information content (AvgIpc) is 3.03. The number of nitrogens with two attached hydrogens (primary N) is 1. The fourth-order valence-corrected chi connectivity index (χ4v) is 2.07. The molecule has 18 heavy (non-hydrogen) atoms. The number of nitrogens with zero attached hydrogens (tertiary/aromatic N) is 3. The van der Waals surface area contributed by atoms with Gasteiger partial charge in [0.1, 0.15) is 0 Å². The molecule has 3 rings (SSSR count). The first kappa shape index (κ1) is 11.0. The summed E-state index contributed by atoms with van der Waals surface area (Å²) < 4.78 is 12.4. The number of benzene rings is 1. The lowest BCUT2D eigenvalue weighted by molar-refractivity contribution is 0.174. The molecule has 0 saturated heterocycles. The first-order valence-corrected chi connectivity index (χ1v) is 5.87. The van der Waals surface area contributed by atoms with E-state index in [0.29, 0.717) is 6.54 Å². The Balaban J connectivity index is 2.07. The quantitative estimate of drug-likeness (QED) is 0.875. The zero-order chi connectivity index (χ0) is 12.5. The fourth-order valence-electron chi connectivity index (χ4n) is 2.07. The molecular formula is C12H14N4O2. The molecule has 6 nitrogen and oxygen atoms in total. The SMILES string of the molecule is CCc1c(CN)nnn1-c1ccc2c(c1)OCO2. The van der Waals surface area contributed by atoms with Gasteiger partial charge in [-0.3, -0.25) is 0 Å². The maximum atomic E-state index is 5.65. The van der Waals surface area contributed by atoms with E-state index in [4.69, 9.17) is 15.2 Å². The van der Waals surface area contributed by atoms with Gasteiger partial charge in [0.25, 0.3) is 0 Å². The van der Waals surface area contributed by atoms with Crippen molar-refractivity contribution < 1.29 is 9.47 Å². The Morgan fingerprint density at radius 3 is 2.94 bits per heavy atom. The summed E-state index contributed by atoms with van der Waals surface area (Å²) in [5, 5.41) is 8.24. The van der Waals surface area contributed by atoms with E-state index in [2.05, 4.69) is 17.2 Å². The summed E-state index contributed by atoms with van der Waals surface area (Å²) in [5.41, 5.74) is 8.41. The van der Waals surface area contributed by atoms with Crippen molar-refractivity contribution in [2.45, 2.75) is 19.9 Å². The molecule has 0 saturated carbocycles. The Labute approximate surface area is 104 Å². The molecule has 0 unspecified atom stereocenters. The second-order valence-electron chi connectivity index (χ2n) is 3.99. The van der Waals surface area contributed by atoms with Crippen LogP contribution < -0.4 is 15.2 Å². The minimum atomic E-state index is 0.269. The molecule has 2 heterocycles. The van der Waals surface area contributed by atoms with Crippen LogP contribution in [-0.4, -0.2) is 21.8 Å². The van der Waals surface area contributed by atoms with Gasteiger partial charge in [0.05, 0.1) is 17.1 Å². The number of hydrogen-bond acceptors (Lipinski definition) is 5. The van der Waals surface area contributed by atoms with Crippen molar-refractivity contribution in [3.8, 4) is 17.2 Å². The number of rotatable bonds is 3. The highest BCUT2D eigenvalue weighted by Gasteiger charge is 2.16. The zero-order valence-electron chi connectivity index (χ0n) is 10.1. The van der Waals surface area contributed by atoms with Crippen molar-refractivity contribution in [1.29, 1.82) is 0 Å². The van der Waals surface area contributed by atoms with Crippen molar-refractivity contribution in [2.75, 3.05) is 6.79 Å². The van der Waals surface area contributed by atoms with Gasteiger partial charge in [-0.15, -0.1) is 5.10 Å². The van der Waals surface area contributed by atoms with Crippen molar-refractivity contribution in [2.24, 2.45) is 5.73 Å². The van der Waals surface area contributed by atoms with E-state index in [0.717, 1.165) is 35.0 Å². The first-order valence-electron chi connectivity index (χ1n) is 5.87. The van der Waals surface area contributed by atoms with E-state index < -0.39 is 0 Å². The minimum absolute atomic E-state index is 0.269. The van der Waals surface area contributed by atoms with Crippen LogP contribution in [0.25, 0.3) is 5.69 Å². The van der Waals surface area contributed by atoms with Gasteiger partial charge < -0.3 is 15.2 Å². The smallest absolute Gasteiger partial charge is 0.231 e. The molecule has 0 radical (unpaired) electrons. The highest BCUT2D eigenvalue weighted by atomic mass is 16.7. The van der Waals surface area contributed by atoms with E-state index in [1.54, 1.807) is 4.68 Å². The molecule has 1 aliphatic heterocycles. The van der Waals surface area contributed by atoms with Crippen molar-refractivity contribution in [3.63, 3.8) is 0 Å². The van der Waals surface area contributed by atoms with Crippen molar-refractivity contribution >= 4 is 0 Å². The summed E-state index contributed by atoms with van der Waals surface area (Å²) in [4.78, 5) is 0. The van der Waals surface area contributed by atoms with Crippen LogP contribution in [0.1, 0.15) is 18.3 Å². The van der Waals surface area contributed by atoms with Crippen LogP contribution in [0.15, 0.2) is 18.2 Å². The van der Waals surface area contributed by atoms with Gasteiger partial charge in [0, 0.05) is 12.6 Å². The van der Waals surface area contributed by atoms with E-state index in [-0.39, 0.29) is 6.79 Å². The molecule has 0 fully saturated rings.